The lowest BCUT2D eigenvalue weighted by molar-refractivity contribution is -0.139. The molecule has 0 aliphatic carbocycles. The summed E-state index contributed by atoms with van der Waals surface area (Å²) in [7, 11) is 0. The van der Waals surface area contributed by atoms with E-state index in [2.05, 4.69) is 13.5 Å². The van der Waals surface area contributed by atoms with Crippen LogP contribution in [0, 0.1) is 0 Å². The summed E-state index contributed by atoms with van der Waals surface area (Å²) in [4.78, 5) is 36.6. The molecule has 0 amide bonds. The lowest BCUT2D eigenvalue weighted by Crippen LogP contribution is -2.18. The fraction of sp³-hybridized carbons (Fsp3) is 0.441. The number of benzene rings is 2. The third-order valence-electron chi connectivity index (χ3n) is 6.62. The second kappa shape index (κ2) is 17.7. The largest absolute Gasteiger partial charge is 0.494 e. The summed E-state index contributed by atoms with van der Waals surface area (Å²) in [6.45, 7) is 8.91. The van der Waals surface area contributed by atoms with Crippen LogP contribution in [0.1, 0.15) is 88.4 Å². The van der Waals surface area contributed by atoms with E-state index >= 15 is 0 Å². The molecule has 42 heavy (non-hydrogen) atoms. The number of esters is 2. The van der Waals surface area contributed by atoms with Crippen molar-refractivity contribution < 1.29 is 33.0 Å². The smallest absolute Gasteiger partial charge is 0.351 e. The number of hydrogen-bond donors (Lipinski definition) is 0. The van der Waals surface area contributed by atoms with Gasteiger partial charge in [0.2, 0.25) is 0 Å². The van der Waals surface area contributed by atoms with Crippen molar-refractivity contribution in [1.82, 2.24) is 0 Å². The highest BCUT2D eigenvalue weighted by Gasteiger charge is 2.17. The SMILES string of the molecule is C=C(C)C(=O)OCCCCCCOc1ccc(OC(=O)c2cc3ccc(OCCCCCCCC)cc3oc2=O)cc1. The first-order valence-electron chi connectivity index (χ1n) is 14.9. The van der Waals surface area contributed by atoms with E-state index in [1.807, 2.05) is 0 Å². The zero-order valence-electron chi connectivity index (χ0n) is 24.8. The predicted molar refractivity (Wildman–Crippen MR) is 162 cm³/mol. The summed E-state index contributed by atoms with van der Waals surface area (Å²) in [5.41, 5.74) is -0.195. The van der Waals surface area contributed by atoms with Crippen molar-refractivity contribution in [1.29, 1.82) is 0 Å². The van der Waals surface area contributed by atoms with Gasteiger partial charge in [0, 0.05) is 17.0 Å². The maximum atomic E-state index is 12.7. The van der Waals surface area contributed by atoms with E-state index in [9.17, 15) is 14.4 Å². The Kier molecular flexibility index (Phi) is 13.7. The van der Waals surface area contributed by atoms with Gasteiger partial charge in [-0.05, 0) is 81.5 Å². The Morgan fingerprint density at radius 2 is 1.31 bits per heavy atom. The van der Waals surface area contributed by atoms with E-state index in [0.717, 1.165) is 38.5 Å². The molecule has 0 aliphatic rings. The van der Waals surface area contributed by atoms with Crippen LogP contribution in [0.15, 0.2) is 69.9 Å². The quantitative estimate of drug-likeness (QED) is 0.0467. The second-order valence-corrected chi connectivity index (χ2v) is 10.3. The molecular weight excluding hydrogens is 536 g/mol. The molecule has 3 rings (SSSR count). The van der Waals surface area contributed by atoms with Crippen molar-refractivity contribution in [2.24, 2.45) is 0 Å². The van der Waals surface area contributed by atoms with Crippen LogP contribution in [0.2, 0.25) is 0 Å². The van der Waals surface area contributed by atoms with E-state index in [1.165, 1.54) is 31.7 Å². The Balaban J connectivity index is 1.41. The minimum absolute atomic E-state index is 0.182. The highest BCUT2D eigenvalue weighted by Crippen LogP contribution is 2.23. The fourth-order valence-corrected chi connectivity index (χ4v) is 4.20. The molecule has 8 nitrogen and oxygen atoms in total. The average Bonchev–Trinajstić information content (AvgIpc) is 2.98. The minimum atomic E-state index is -0.795. The molecule has 2 aromatic carbocycles. The van der Waals surface area contributed by atoms with Gasteiger partial charge in [-0.15, -0.1) is 0 Å². The van der Waals surface area contributed by atoms with Gasteiger partial charge in [0.05, 0.1) is 19.8 Å². The molecule has 0 saturated carbocycles. The molecule has 0 spiro atoms. The Hall–Kier alpha value is -4.07. The summed E-state index contributed by atoms with van der Waals surface area (Å²) >= 11 is 0. The lowest BCUT2D eigenvalue weighted by Gasteiger charge is -2.09. The van der Waals surface area contributed by atoms with Crippen LogP contribution in [0.4, 0.5) is 0 Å². The van der Waals surface area contributed by atoms with Crippen molar-refractivity contribution in [3.8, 4) is 17.2 Å². The zero-order valence-corrected chi connectivity index (χ0v) is 24.8. The van der Waals surface area contributed by atoms with Gasteiger partial charge in [-0.1, -0.05) is 45.6 Å². The van der Waals surface area contributed by atoms with Crippen LogP contribution in [0.5, 0.6) is 17.2 Å². The lowest BCUT2D eigenvalue weighted by atomic mass is 10.1. The molecule has 0 unspecified atom stereocenters. The molecule has 0 aliphatic heterocycles. The molecule has 0 atom stereocenters. The number of carbonyl (C=O) groups excluding carboxylic acids is 2. The molecule has 226 valence electrons. The van der Waals surface area contributed by atoms with Crippen molar-refractivity contribution in [3.63, 3.8) is 0 Å². The molecule has 3 aromatic rings. The third-order valence-corrected chi connectivity index (χ3v) is 6.62. The molecule has 8 heteroatoms. The Labute approximate surface area is 247 Å². The molecule has 1 heterocycles. The number of hydrogen-bond acceptors (Lipinski definition) is 8. The highest BCUT2D eigenvalue weighted by molar-refractivity contribution is 5.94. The van der Waals surface area contributed by atoms with Crippen LogP contribution in [0.25, 0.3) is 11.0 Å². The van der Waals surface area contributed by atoms with Crippen molar-refractivity contribution in [3.05, 3.63) is 76.7 Å². The maximum Gasteiger partial charge on any atom is 0.351 e. The second-order valence-electron chi connectivity index (χ2n) is 10.3. The van der Waals surface area contributed by atoms with E-state index in [1.54, 1.807) is 49.4 Å². The summed E-state index contributed by atoms with van der Waals surface area (Å²) in [6.07, 6.45) is 10.6. The van der Waals surface area contributed by atoms with Gasteiger partial charge in [-0.2, -0.15) is 0 Å². The predicted octanol–water partition coefficient (Wildman–Crippen LogP) is 7.81. The topological polar surface area (TPSA) is 101 Å². The first-order chi connectivity index (χ1) is 20.4. The Morgan fingerprint density at radius 1 is 0.738 bits per heavy atom. The number of fused-ring (bicyclic) bond motifs is 1. The maximum absolute atomic E-state index is 12.7. The highest BCUT2D eigenvalue weighted by atomic mass is 16.5. The number of unbranched alkanes of at least 4 members (excludes halogenated alkanes) is 8. The van der Waals surface area contributed by atoms with Crippen molar-refractivity contribution >= 4 is 22.9 Å². The van der Waals surface area contributed by atoms with Crippen LogP contribution in [0.3, 0.4) is 0 Å². The van der Waals surface area contributed by atoms with Crippen LogP contribution in [-0.2, 0) is 9.53 Å². The van der Waals surface area contributed by atoms with E-state index < -0.39 is 11.6 Å². The van der Waals surface area contributed by atoms with Crippen molar-refractivity contribution in [2.75, 3.05) is 19.8 Å². The van der Waals surface area contributed by atoms with Gasteiger partial charge in [0.25, 0.3) is 0 Å². The molecule has 0 fully saturated rings. The van der Waals surface area contributed by atoms with E-state index in [4.69, 9.17) is 23.4 Å². The first-order valence-corrected chi connectivity index (χ1v) is 14.9. The Bertz CT molecular complexity index is 1360. The van der Waals surface area contributed by atoms with Crippen LogP contribution >= 0.6 is 0 Å². The number of rotatable bonds is 19. The first kappa shape index (κ1) is 32.4. The fourth-order valence-electron chi connectivity index (χ4n) is 4.20. The van der Waals surface area contributed by atoms with Gasteiger partial charge in [-0.25, -0.2) is 14.4 Å². The van der Waals surface area contributed by atoms with Gasteiger partial charge >= 0.3 is 17.6 Å². The van der Waals surface area contributed by atoms with Gasteiger partial charge in [0.15, 0.2) is 0 Å². The molecule has 0 bridgehead atoms. The minimum Gasteiger partial charge on any atom is -0.494 e. The summed E-state index contributed by atoms with van der Waals surface area (Å²) in [6, 6.07) is 13.3. The van der Waals surface area contributed by atoms with Gasteiger partial charge in [0.1, 0.15) is 28.4 Å². The number of ether oxygens (including phenoxy) is 4. The van der Waals surface area contributed by atoms with Gasteiger partial charge < -0.3 is 23.4 Å². The van der Waals surface area contributed by atoms with E-state index in [0.29, 0.717) is 47.9 Å². The molecule has 0 N–H and O–H groups in total. The molecular formula is C34H42O8. The van der Waals surface area contributed by atoms with Gasteiger partial charge in [-0.3, -0.25) is 0 Å². The number of carbonyl (C=O) groups is 2. The summed E-state index contributed by atoms with van der Waals surface area (Å²) < 4.78 is 27.4. The summed E-state index contributed by atoms with van der Waals surface area (Å²) in [5, 5.41) is 0.602. The molecule has 0 radical (unpaired) electrons. The monoisotopic (exact) mass is 578 g/mol. The van der Waals surface area contributed by atoms with Crippen molar-refractivity contribution in [2.45, 2.75) is 78.1 Å². The van der Waals surface area contributed by atoms with Crippen LogP contribution in [-0.4, -0.2) is 31.8 Å². The normalized spacial score (nSPS) is 10.8. The molecule has 0 saturated heterocycles. The standard InChI is InChI=1S/C34H42O8/c1-4-5-6-7-8-11-21-39-29-15-14-26-23-30(34(37)42-31(26)24-29)33(36)41-28-18-16-27(17-19-28)38-20-12-9-10-13-22-40-32(35)25(2)3/h14-19,23-24H,2,4-13,20-22H2,1,3H3. The van der Waals surface area contributed by atoms with Crippen LogP contribution < -0.4 is 19.8 Å². The Morgan fingerprint density at radius 3 is 1.98 bits per heavy atom. The van der Waals surface area contributed by atoms with E-state index in [-0.39, 0.29) is 17.3 Å². The zero-order chi connectivity index (χ0) is 30.2. The average molecular weight is 579 g/mol. The third kappa shape index (κ3) is 11.1. The molecule has 1 aromatic heterocycles. The summed E-state index contributed by atoms with van der Waals surface area (Å²) in [5.74, 6) is 0.404.